The van der Waals surface area contributed by atoms with Gasteiger partial charge in [-0.15, -0.1) is 0 Å². The molecular formula is C15H22I2N2O. The Morgan fingerprint density at radius 1 is 1.25 bits per heavy atom. The number of benzene rings is 1. The molecule has 5 heteroatoms. The number of hydrogen-bond acceptors (Lipinski definition) is 3. The number of phenols is 1. The molecule has 2 N–H and O–H groups in total. The molecule has 112 valence electrons. The Morgan fingerprint density at radius 3 is 2.30 bits per heavy atom. The molecule has 0 spiro atoms. The molecule has 2 atom stereocenters. The lowest BCUT2D eigenvalue weighted by Crippen LogP contribution is -2.46. The van der Waals surface area contributed by atoms with Crippen molar-refractivity contribution in [1.29, 1.82) is 0 Å². The summed E-state index contributed by atoms with van der Waals surface area (Å²) < 4.78 is 1.90. The molecule has 1 fully saturated rings. The smallest absolute Gasteiger partial charge is 0.142 e. The van der Waals surface area contributed by atoms with Crippen LogP contribution < -0.4 is 5.32 Å². The third-order valence-corrected chi connectivity index (χ3v) is 5.75. The maximum absolute atomic E-state index is 9.98. The molecule has 0 bridgehead atoms. The number of nitrogens with zero attached hydrogens (tertiary/aromatic N) is 1. The minimum Gasteiger partial charge on any atom is -0.506 e. The van der Waals surface area contributed by atoms with Gasteiger partial charge in [0.15, 0.2) is 0 Å². The average Bonchev–Trinajstić information content (AvgIpc) is 2.46. The summed E-state index contributed by atoms with van der Waals surface area (Å²) in [5, 5.41) is 13.4. The van der Waals surface area contributed by atoms with Crippen LogP contribution in [0.25, 0.3) is 0 Å². The Kier molecular flexibility index (Phi) is 6.37. The zero-order chi connectivity index (χ0) is 14.7. The zero-order valence-electron chi connectivity index (χ0n) is 12.0. The van der Waals surface area contributed by atoms with E-state index in [0.717, 1.165) is 33.3 Å². The number of piperazine rings is 1. The molecule has 0 aliphatic carbocycles. The number of phenolic OH excluding ortho intramolecular Hbond substituents is 1. The zero-order valence-corrected chi connectivity index (χ0v) is 16.3. The summed E-state index contributed by atoms with van der Waals surface area (Å²) in [5.41, 5.74) is 1.34. The lowest BCUT2D eigenvalue weighted by molar-refractivity contribution is 0.128. The van der Waals surface area contributed by atoms with E-state index in [-0.39, 0.29) is 0 Å². The highest BCUT2D eigenvalue weighted by Gasteiger charge is 2.27. The number of nitrogens with one attached hydrogen (secondary N) is 1. The van der Waals surface area contributed by atoms with Crippen molar-refractivity contribution >= 4 is 45.2 Å². The second-order valence-electron chi connectivity index (χ2n) is 5.45. The lowest BCUT2D eigenvalue weighted by Gasteiger charge is -2.38. The molecule has 1 aliphatic rings. The molecule has 3 nitrogen and oxygen atoms in total. The number of halogens is 2. The fourth-order valence-corrected chi connectivity index (χ4v) is 4.65. The van der Waals surface area contributed by atoms with E-state index in [1.54, 1.807) is 0 Å². The Hall–Kier alpha value is 0.400. The summed E-state index contributed by atoms with van der Waals surface area (Å²) >= 11 is 4.46. The van der Waals surface area contributed by atoms with E-state index in [0.29, 0.717) is 17.7 Å². The van der Waals surface area contributed by atoms with Gasteiger partial charge in [-0.3, -0.25) is 4.90 Å². The quantitative estimate of drug-likeness (QED) is 0.621. The highest BCUT2D eigenvalue weighted by molar-refractivity contribution is 14.1. The summed E-state index contributed by atoms with van der Waals surface area (Å²) in [5.74, 6) is 1.03. The van der Waals surface area contributed by atoms with Gasteiger partial charge in [0, 0.05) is 32.2 Å². The van der Waals surface area contributed by atoms with E-state index in [9.17, 15) is 5.11 Å². The van der Waals surface area contributed by atoms with Gasteiger partial charge in [0.1, 0.15) is 5.75 Å². The topological polar surface area (TPSA) is 35.5 Å². The first-order valence-corrected chi connectivity index (χ1v) is 9.33. The molecular weight excluding hydrogens is 478 g/mol. The fourth-order valence-electron chi connectivity index (χ4n) is 2.84. The van der Waals surface area contributed by atoms with Crippen LogP contribution in [0.2, 0.25) is 0 Å². The van der Waals surface area contributed by atoms with Crippen molar-refractivity contribution < 1.29 is 5.11 Å². The van der Waals surface area contributed by atoms with Crippen LogP contribution in [-0.4, -0.2) is 36.2 Å². The van der Waals surface area contributed by atoms with Gasteiger partial charge >= 0.3 is 0 Å². The second kappa shape index (κ2) is 7.60. The summed E-state index contributed by atoms with van der Waals surface area (Å²) in [6.45, 7) is 8.93. The van der Waals surface area contributed by atoms with Gasteiger partial charge in [-0.25, -0.2) is 0 Å². The predicted octanol–water partition coefficient (Wildman–Crippen LogP) is 3.59. The van der Waals surface area contributed by atoms with Crippen LogP contribution in [0, 0.1) is 13.1 Å². The summed E-state index contributed by atoms with van der Waals surface area (Å²) in [4.78, 5) is 2.59. The van der Waals surface area contributed by atoms with E-state index in [4.69, 9.17) is 0 Å². The minimum atomic E-state index is 0.415. The van der Waals surface area contributed by atoms with E-state index >= 15 is 0 Å². The molecule has 20 heavy (non-hydrogen) atoms. The Bertz CT molecular complexity index is 438. The summed E-state index contributed by atoms with van der Waals surface area (Å²) in [6, 6.07) is 4.75. The molecule has 1 heterocycles. The third kappa shape index (κ3) is 3.78. The highest BCUT2D eigenvalue weighted by atomic mass is 127. The molecule has 1 aromatic carbocycles. The largest absolute Gasteiger partial charge is 0.506 e. The van der Waals surface area contributed by atoms with Crippen LogP contribution in [0.1, 0.15) is 31.9 Å². The van der Waals surface area contributed by atoms with Crippen LogP contribution >= 0.6 is 45.2 Å². The van der Waals surface area contributed by atoms with Crippen LogP contribution in [0.5, 0.6) is 5.75 Å². The molecule has 0 aromatic heterocycles. The Balaban J connectivity index is 2.35. The van der Waals surface area contributed by atoms with Crippen molar-refractivity contribution in [3.8, 4) is 5.75 Å². The number of rotatable bonds is 4. The third-order valence-electron chi connectivity index (χ3n) is 4.11. The fraction of sp³-hybridized carbons (Fsp3) is 0.600. The van der Waals surface area contributed by atoms with Gasteiger partial charge in [0.05, 0.1) is 7.14 Å². The molecule has 1 aliphatic heterocycles. The normalized spacial score (nSPS) is 19.8. The van der Waals surface area contributed by atoms with Crippen molar-refractivity contribution in [2.75, 3.05) is 26.2 Å². The van der Waals surface area contributed by atoms with Gasteiger partial charge < -0.3 is 10.4 Å². The second-order valence-corrected chi connectivity index (χ2v) is 7.77. The lowest BCUT2D eigenvalue weighted by atomic mass is 9.90. The van der Waals surface area contributed by atoms with Crippen LogP contribution in [0.4, 0.5) is 0 Å². The van der Waals surface area contributed by atoms with Crippen molar-refractivity contribution in [3.05, 3.63) is 24.8 Å². The monoisotopic (exact) mass is 500 g/mol. The summed E-state index contributed by atoms with van der Waals surface area (Å²) in [6.07, 6.45) is 1.17. The van der Waals surface area contributed by atoms with Crippen LogP contribution in [0.3, 0.4) is 0 Å². The number of aromatic hydroxyl groups is 1. The van der Waals surface area contributed by atoms with Crippen LogP contribution in [0.15, 0.2) is 12.1 Å². The van der Waals surface area contributed by atoms with E-state index < -0.39 is 0 Å². The molecule has 2 rings (SSSR count). The van der Waals surface area contributed by atoms with E-state index in [1.165, 1.54) is 12.0 Å². The first-order chi connectivity index (χ1) is 9.54. The Morgan fingerprint density at radius 2 is 1.80 bits per heavy atom. The van der Waals surface area contributed by atoms with Crippen molar-refractivity contribution in [2.24, 2.45) is 5.92 Å². The Labute approximate surface area is 148 Å². The van der Waals surface area contributed by atoms with Crippen LogP contribution in [-0.2, 0) is 0 Å². The molecule has 1 unspecified atom stereocenters. The highest BCUT2D eigenvalue weighted by Crippen LogP contribution is 2.36. The SMILES string of the molecule is CCC(C)[C@H](c1cc(I)c(O)c(I)c1)N1CCNCC1. The number of hydrogen-bond donors (Lipinski definition) is 2. The first kappa shape index (κ1) is 16.8. The van der Waals surface area contributed by atoms with Gasteiger partial charge in [0.25, 0.3) is 0 Å². The van der Waals surface area contributed by atoms with E-state index in [1.807, 2.05) is 0 Å². The summed E-state index contributed by atoms with van der Waals surface area (Å²) in [7, 11) is 0. The van der Waals surface area contributed by atoms with Gasteiger partial charge in [-0.1, -0.05) is 20.3 Å². The molecule has 1 aromatic rings. The standard InChI is InChI=1S/C15H22I2N2O/c1-3-10(2)14(19-6-4-18-5-7-19)11-8-12(16)15(20)13(17)9-11/h8-10,14,18,20H,3-7H2,1-2H3/t10?,14-/m1/s1. The minimum absolute atomic E-state index is 0.415. The maximum Gasteiger partial charge on any atom is 0.142 e. The molecule has 0 saturated carbocycles. The molecule has 0 radical (unpaired) electrons. The van der Waals surface area contributed by atoms with Crippen molar-refractivity contribution in [2.45, 2.75) is 26.3 Å². The molecule has 1 saturated heterocycles. The average molecular weight is 500 g/mol. The van der Waals surface area contributed by atoms with Crippen molar-refractivity contribution in [3.63, 3.8) is 0 Å². The van der Waals surface area contributed by atoms with E-state index in [2.05, 4.69) is 81.4 Å². The van der Waals surface area contributed by atoms with Crippen molar-refractivity contribution in [1.82, 2.24) is 10.2 Å². The maximum atomic E-state index is 9.98. The molecule has 0 amide bonds. The predicted molar refractivity (Wildman–Crippen MR) is 100 cm³/mol. The van der Waals surface area contributed by atoms with Gasteiger partial charge in [-0.2, -0.15) is 0 Å². The first-order valence-electron chi connectivity index (χ1n) is 7.17. The van der Waals surface area contributed by atoms with Gasteiger partial charge in [0.2, 0.25) is 0 Å². The van der Waals surface area contributed by atoms with Gasteiger partial charge in [-0.05, 0) is 68.8 Å².